The van der Waals surface area contributed by atoms with Crippen LogP contribution >= 0.6 is 0 Å². The molecular formula is C15H20FNO3. The van der Waals surface area contributed by atoms with Gasteiger partial charge in [0, 0.05) is 6.54 Å². The molecule has 1 aliphatic rings. The van der Waals surface area contributed by atoms with Gasteiger partial charge in [0.1, 0.15) is 5.82 Å². The second-order valence-corrected chi connectivity index (χ2v) is 5.67. The van der Waals surface area contributed by atoms with Gasteiger partial charge in [-0.15, -0.1) is 0 Å². The maximum atomic E-state index is 13.7. The number of rotatable bonds is 4. The first-order valence-electron chi connectivity index (χ1n) is 6.85. The van der Waals surface area contributed by atoms with Gasteiger partial charge in [-0.25, -0.2) is 4.39 Å². The fourth-order valence-corrected chi connectivity index (χ4v) is 2.60. The molecule has 20 heavy (non-hydrogen) atoms. The molecule has 1 fully saturated rings. The zero-order valence-electron chi connectivity index (χ0n) is 11.5. The highest BCUT2D eigenvalue weighted by Crippen LogP contribution is 2.32. The van der Waals surface area contributed by atoms with Crippen molar-refractivity contribution in [1.29, 1.82) is 0 Å². The normalized spacial score (nSPS) is 26.2. The summed E-state index contributed by atoms with van der Waals surface area (Å²) >= 11 is 0. The number of aryl methyl sites for hydroxylation is 1. The van der Waals surface area contributed by atoms with Gasteiger partial charge in [0.05, 0.1) is 17.2 Å². The quantitative estimate of drug-likeness (QED) is 0.793. The standard InChI is InChI=1S/C15H20FNO3/c1-10-2-3-13(12(16)8-10)17-9-15(20)6-4-11(5-7-15)14(18)19/h2-3,8,11,17,20H,4-7,9H2,1H3,(H,18,19). The van der Waals surface area contributed by atoms with E-state index >= 15 is 0 Å². The Hall–Kier alpha value is -1.62. The molecule has 2 rings (SSSR count). The molecule has 0 bridgehead atoms. The van der Waals surface area contributed by atoms with E-state index in [-0.39, 0.29) is 18.3 Å². The Morgan fingerprint density at radius 1 is 1.45 bits per heavy atom. The lowest BCUT2D eigenvalue weighted by atomic mass is 9.79. The molecule has 0 heterocycles. The van der Waals surface area contributed by atoms with E-state index in [1.807, 2.05) is 6.92 Å². The smallest absolute Gasteiger partial charge is 0.306 e. The van der Waals surface area contributed by atoms with Crippen LogP contribution in [-0.4, -0.2) is 28.3 Å². The first kappa shape index (κ1) is 14.8. The lowest BCUT2D eigenvalue weighted by Gasteiger charge is -2.35. The van der Waals surface area contributed by atoms with Gasteiger partial charge in [0.25, 0.3) is 0 Å². The zero-order chi connectivity index (χ0) is 14.8. The van der Waals surface area contributed by atoms with Crippen LogP contribution in [-0.2, 0) is 4.79 Å². The number of carboxylic acid groups (broad SMARTS) is 1. The summed E-state index contributed by atoms with van der Waals surface area (Å²) in [5.41, 5.74) is 0.252. The summed E-state index contributed by atoms with van der Waals surface area (Å²) in [4.78, 5) is 10.9. The second-order valence-electron chi connectivity index (χ2n) is 5.67. The average molecular weight is 281 g/mol. The van der Waals surface area contributed by atoms with Crippen LogP contribution in [0.4, 0.5) is 10.1 Å². The lowest BCUT2D eigenvalue weighted by molar-refractivity contribution is -0.144. The van der Waals surface area contributed by atoms with Crippen molar-refractivity contribution < 1.29 is 19.4 Å². The number of nitrogens with one attached hydrogen (secondary N) is 1. The number of hydrogen-bond donors (Lipinski definition) is 3. The number of halogens is 1. The van der Waals surface area contributed by atoms with Gasteiger partial charge in [-0.1, -0.05) is 6.07 Å². The Labute approximate surface area is 117 Å². The molecule has 5 heteroatoms. The van der Waals surface area contributed by atoms with E-state index in [9.17, 15) is 14.3 Å². The molecule has 0 radical (unpaired) electrons. The predicted molar refractivity (Wildman–Crippen MR) is 74.2 cm³/mol. The zero-order valence-corrected chi connectivity index (χ0v) is 11.5. The minimum atomic E-state index is -0.955. The first-order valence-corrected chi connectivity index (χ1v) is 6.85. The SMILES string of the molecule is Cc1ccc(NCC2(O)CCC(C(=O)O)CC2)c(F)c1. The summed E-state index contributed by atoms with van der Waals surface area (Å²) in [6.07, 6.45) is 1.77. The number of aliphatic hydroxyl groups is 1. The van der Waals surface area contributed by atoms with Crippen LogP contribution in [0.5, 0.6) is 0 Å². The Morgan fingerprint density at radius 3 is 2.65 bits per heavy atom. The van der Waals surface area contributed by atoms with Crippen molar-refractivity contribution in [2.75, 3.05) is 11.9 Å². The maximum absolute atomic E-state index is 13.7. The molecular weight excluding hydrogens is 261 g/mol. The van der Waals surface area contributed by atoms with Crippen LogP contribution in [0.15, 0.2) is 18.2 Å². The summed E-state index contributed by atoms with van der Waals surface area (Å²) in [5, 5.41) is 22.3. The molecule has 1 aliphatic carbocycles. The van der Waals surface area contributed by atoms with Crippen LogP contribution in [0, 0.1) is 18.7 Å². The maximum Gasteiger partial charge on any atom is 0.306 e. The first-order chi connectivity index (χ1) is 9.39. The van der Waals surface area contributed by atoms with Crippen molar-refractivity contribution in [2.45, 2.75) is 38.2 Å². The highest BCUT2D eigenvalue weighted by molar-refractivity contribution is 5.70. The van der Waals surface area contributed by atoms with Gasteiger partial charge < -0.3 is 15.5 Å². The molecule has 0 atom stereocenters. The molecule has 1 saturated carbocycles. The molecule has 4 nitrogen and oxygen atoms in total. The lowest BCUT2D eigenvalue weighted by Crippen LogP contribution is -2.41. The van der Waals surface area contributed by atoms with Gasteiger partial charge in [-0.3, -0.25) is 4.79 Å². The van der Waals surface area contributed by atoms with Gasteiger partial charge in [-0.2, -0.15) is 0 Å². The van der Waals surface area contributed by atoms with Gasteiger partial charge >= 0.3 is 5.97 Å². The minimum absolute atomic E-state index is 0.235. The average Bonchev–Trinajstić information content (AvgIpc) is 2.38. The van der Waals surface area contributed by atoms with Crippen molar-refractivity contribution in [3.05, 3.63) is 29.6 Å². The highest BCUT2D eigenvalue weighted by Gasteiger charge is 2.35. The number of hydrogen-bond acceptors (Lipinski definition) is 3. The molecule has 1 aromatic carbocycles. The van der Waals surface area contributed by atoms with Crippen LogP contribution < -0.4 is 5.32 Å². The Morgan fingerprint density at radius 2 is 2.10 bits per heavy atom. The Bertz CT molecular complexity index is 496. The summed E-state index contributed by atoms with van der Waals surface area (Å²) in [7, 11) is 0. The van der Waals surface area contributed by atoms with E-state index in [0.29, 0.717) is 31.4 Å². The molecule has 0 aliphatic heterocycles. The number of benzene rings is 1. The van der Waals surface area contributed by atoms with Crippen molar-refractivity contribution in [3.8, 4) is 0 Å². The van der Waals surface area contributed by atoms with E-state index in [1.165, 1.54) is 6.07 Å². The van der Waals surface area contributed by atoms with Crippen LogP contribution in [0.25, 0.3) is 0 Å². The molecule has 0 aromatic heterocycles. The van der Waals surface area contributed by atoms with Crippen LogP contribution in [0.2, 0.25) is 0 Å². The summed E-state index contributed by atoms with van der Waals surface area (Å²) in [5.74, 6) is -1.51. The van der Waals surface area contributed by atoms with Crippen molar-refractivity contribution in [3.63, 3.8) is 0 Å². The van der Waals surface area contributed by atoms with E-state index in [0.717, 1.165) is 5.56 Å². The number of anilines is 1. The Balaban J connectivity index is 1.92. The van der Waals surface area contributed by atoms with Crippen molar-refractivity contribution >= 4 is 11.7 Å². The van der Waals surface area contributed by atoms with E-state index in [4.69, 9.17) is 5.11 Å². The van der Waals surface area contributed by atoms with E-state index in [1.54, 1.807) is 12.1 Å². The van der Waals surface area contributed by atoms with E-state index < -0.39 is 11.6 Å². The van der Waals surface area contributed by atoms with Crippen molar-refractivity contribution in [1.82, 2.24) is 0 Å². The molecule has 0 spiro atoms. The van der Waals surface area contributed by atoms with Crippen LogP contribution in [0.3, 0.4) is 0 Å². The fourth-order valence-electron chi connectivity index (χ4n) is 2.60. The summed E-state index contributed by atoms with van der Waals surface area (Å²) in [6, 6.07) is 4.89. The molecule has 0 unspecified atom stereocenters. The topological polar surface area (TPSA) is 69.6 Å². The monoisotopic (exact) mass is 281 g/mol. The summed E-state index contributed by atoms with van der Waals surface area (Å²) < 4.78 is 13.7. The minimum Gasteiger partial charge on any atom is -0.481 e. The third-order valence-corrected chi connectivity index (χ3v) is 4.00. The number of aliphatic carboxylic acids is 1. The number of carboxylic acids is 1. The third-order valence-electron chi connectivity index (χ3n) is 4.00. The highest BCUT2D eigenvalue weighted by atomic mass is 19.1. The van der Waals surface area contributed by atoms with Gasteiger partial charge in [0.15, 0.2) is 0 Å². The fraction of sp³-hybridized carbons (Fsp3) is 0.533. The molecule has 1 aromatic rings. The van der Waals surface area contributed by atoms with E-state index in [2.05, 4.69) is 5.32 Å². The Kier molecular flexibility index (Phi) is 4.28. The molecule has 110 valence electrons. The molecule has 3 N–H and O–H groups in total. The number of carbonyl (C=O) groups is 1. The van der Waals surface area contributed by atoms with Gasteiger partial charge in [0.2, 0.25) is 0 Å². The predicted octanol–water partition coefficient (Wildman–Crippen LogP) is 2.55. The molecule has 0 amide bonds. The third kappa shape index (κ3) is 3.48. The molecule has 0 saturated heterocycles. The largest absolute Gasteiger partial charge is 0.481 e. The second kappa shape index (κ2) is 5.79. The van der Waals surface area contributed by atoms with Gasteiger partial charge in [-0.05, 0) is 50.3 Å². The van der Waals surface area contributed by atoms with Crippen LogP contribution in [0.1, 0.15) is 31.2 Å². The van der Waals surface area contributed by atoms with Crippen molar-refractivity contribution in [2.24, 2.45) is 5.92 Å². The summed E-state index contributed by atoms with van der Waals surface area (Å²) in [6.45, 7) is 2.05.